The number of hydrogen-bond acceptors (Lipinski definition) is 3. The van der Waals surface area contributed by atoms with Crippen LogP contribution in [0.4, 0.5) is 0 Å². The lowest BCUT2D eigenvalue weighted by Gasteiger charge is -2.10. The summed E-state index contributed by atoms with van der Waals surface area (Å²) in [5.41, 5.74) is 0.593. The number of hydrogen-bond donors (Lipinski definition) is 0. The maximum absolute atomic E-state index is 12.0. The fourth-order valence-corrected chi connectivity index (χ4v) is 1.51. The zero-order valence-electron chi connectivity index (χ0n) is 10.2. The molecule has 0 N–H and O–H groups in total. The molecule has 3 heteroatoms. The van der Waals surface area contributed by atoms with Crippen molar-refractivity contribution in [1.82, 2.24) is 0 Å². The molecule has 0 amide bonds. The van der Waals surface area contributed by atoms with Crippen LogP contribution in [0.15, 0.2) is 18.2 Å². The van der Waals surface area contributed by atoms with E-state index in [-0.39, 0.29) is 5.78 Å². The molecule has 1 aromatic rings. The molecule has 0 bridgehead atoms. The molecule has 0 saturated heterocycles. The topological polar surface area (TPSA) is 35.5 Å². The first-order valence-corrected chi connectivity index (χ1v) is 5.33. The van der Waals surface area contributed by atoms with Gasteiger partial charge in [0.15, 0.2) is 5.78 Å². The highest BCUT2D eigenvalue weighted by atomic mass is 16.5. The predicted molar refractivity (Wildman–Crippen MR) is 63.3 cm³/mol. The van der Waals surface area contributed by atoms with Gasteiger partial charge in [-0.2, -0.15) is 0 Å². The molecule has 16 heavy (non-hydrogen) atoms. The van der Waals surface area contributed by atoms with E-state index in [0.717, 1.165) is 0 Å². The monoisotopic (exact) mass is 222 g/mol. The Morgan fingerprint density at radius 1 is 1.25 bits per heavy atom. The van der Waals surface area contributed by atoms with Crippen molar-refractivity contribution in [2.45, 2.75) is 20.3 Å². The molecule has 0 aliphatic heterocycles. The summed E-state index contributed by atoms with van der Waals surface area (Å²) in [7, 11) is 3.15. The summed E-state index contributed by atoms with van der Waals surface area (Å²) in [4.78, 5) is 12.0. The fraction of sp³-hybridized carbons (Fsp3) is 0.462. The normalized spacial score (nSPS) is 10.3. The van der Waals surface area contributed by atoms with Gasteiger partial charge in [-0.25, -0.2) is 0 Å². The van der Waals surface area contributed by atoms with Crippen LogP contribution in [-0.4, -0.2) is 20.0 Å². The van der Waals surface area contributed by atoms with E-state index in [9.17, 15) is 4.79 Å². The third-order valence-electron chi connectivity index (χ3n) is 2.30. The van der Waals surface area contributed by atoms with E-state index in [0.29, 0.717) is 29.4 Å². The number of ether oxygens (including phenoxy) is 2. The van der Waals surface area contributed by atoms with Crippen LogP contribution in [0.2, 0.25) is 0 Å². The molecule has 0 saturated carbocycles. The highest BCUT2D eigenvalue weighted by Crippen LogP contribution is 2.26. The average molecular weight is 222 g/mol. The highest BCUT2D eigenvalue weighted by Gasteiger charge is 2.14. The summed E-state index contributed by atoms with van der Waals surface area (Å²) in [5.74, 6) is 1.70. The first kappa shape index (κ1) is 12.6. The van der Waals surface area contributed by atoms with Crippen molar-refractivity contribution >= 4 is 5.78 Å². The minimum atomic E-state index is 0.0887. The van der Waals surface area contributed by atoms with Gasteiger partial charge in [0, 0.05) is 6.42 Å². The van der Waals surface area contributed by atoms with E-state index in [1.807, 2.05) is 13.8 Å². The van der Waals surface area contributed by atoms with Crippen molar-refractivity contribution in [3.63, 3.8) is 0 Å². The smallest absolute Gasteiger partial charge is 0.166 e. The summed E-state index contributed by atoms with van der Waals surface area (Å²) in [5, 5.41) is 0. The Bertz CT molecular complexity index is 369. The van der Waals surface area contributed by atoms with Crippen molar-refractivity contribution < 1.29 is 14.3 Å². The van der Waals surface area contributed by atoms with Crippen LogP contribution in [-0.2, 0) is 0 Å². The molecule has 88 valence electrons. The standard InChI is InChI=1S/C13H18O3/c1-9(2)7-12(14)11-8-10(15-3)5-6-13(11)16-4/h5-6,8-9H,7H2,1-4H3. The number of carbonyl (C=O) groups is 1. The molecule has 1 rings (SSSR count). The molecule has 0 unspecified atom stereocenters. The maximum atomic E-state index is 12.0. The SMILES string of the molecule is COc1ccc(OC)c(C(=O)CC(C)C)c1. The van der Waals surface area contributed by atoms with Crippen LogP contribution in [0.25, 0.3) is 0 Å². The van der Waals surface area contributed by atoms with Gasteiger partial charge in [-0.15, -0.1) is 0 Å². The Balaban J connectivity index is 3.03. The quantitative estimate of drug-likeness (QED) is 0.718. The molecule has 0 fully saturated rings. The Labute approximate surface area is 96.4 Å². The van der Waals surface area contributed by atoms with Crippen LogP contribution in [0.3, 0.4) is 0 Å². The van der Waals surface area contributed by atoms with Crippen LogP contribution in [0.1, 0.15) is 30.6 Å². The van der Waals surface area contributed by atoms with Crippen molar-refractivity contribution in [3.8, 4) is 11.5 Å². The van der Waals surface area contributed by atoms with E-state index in [1.165, 1.54) is 0 Å². The third kappa shape index (κ3) is 2.99. The molecule has 0 atom stereocenters. The molecular formula is C13H18O3. The van der Waals surface area contributed by atoms with Crippen molar-refractivity contribution in [3.05, 3.63) is 23.8 Å². The van der Waals surface area contributed by atoms with Crippen LogP contribution >= 0.6 is 0 Å². The maximum Gasteiger partial charge on any atom is 0.166 e. The number of carbonyl (C=O) groups excluding carboxylic acids is 1. The predicted octanol–water partition coefficient (Wildman–Crippen LogP) is 2.93. The fourth-order valence-electron chi connectivity index (χ4n) is 1.51. The Hall–Kier alpha value is -1.51. The van der Waals surface area contributed by atoms with Crippen LogP contribution < -0.4 is 9.47 Å². The van der Waals surface area contributed by atoms with Gasteiger partial charge in [0.1, 0.15) is 11.5 Å². The highest BCUT2D eigenvalue weighted by molar-refractivity contribution is 5.99. The average Bonchev–Trinajstić information content (AvgIpc) is 2.27. The Kier molecular flexibility index (Phi) is 4.35. The van der Waals surface area contributed by atoms with Gasteiger partial charge in [-0.05, 0) is 24.1 Å². The number of ketones is 1. The van der Waals surface area contributed by atoms with Crippen LogP contribution in [0.5, 0.6) is 11.5 Å². The second-order valence-electron chi connectivity index (χ2n) is 4.09. The molecule has 0 spiro atoms. The van der Waals surface area contributed by atoms with Gasteiger partial charge in [-0.3, -0.25) is 4.79 Å². The van der Waals surface area contributed by atoms with E-state index in [2.05, 4.69) is 0 Å². The van der Waals surface area contributed by atoms with Gasteiger partial charge in [0.25, 0.3) is 0 Å². The van der Waals surface area contributed by atoms with Crippen molar-refractivity contribution in [2.75, 3.05) is 14.2 Å². The summed E-state index contributed by atoms with van der Waals surface area (Å²) < 4.78 is 10.3. The lowest BCUT2D eigenvalue weighted by molar-refractivity contribution is 0.0964. The summed E-state index contributed by atoms with van der Waals surface area (Å²) in [6, 6.07) is 5.26. The van der Waals surface area contributed by atoms with E-state index in [1.54, 1.807) is 32.4 Å². The molecular weight excluding hydrogens is 204 g/mol. The number of benzene rings is 1. The van der Waals surface area contributed by atoms with E-state index < -0.39 is 0 Å². The molecule has 0 radical (unpaired) electrons. The molecule has 0 aliphatic rings. The lowest BCUT2D eigenvalue weighted by atomic mass is 10.0. The summed E-state index contributed by atoms with van der Waals surface area (Å²) >= 11 is 0. The Morgan fingerprint density at radius 3 is 2.44 bits per heavy atom. The third-order valence-corrected chi connectivity index (χ3v) is 2.30. The first-order chi connectivity index (χ1) is 7.58. The second kappa shape index (κ2) is 5.54. The Morgan fingerprint density at radius 2 is 1.94 bits per heavy atom. The molecule has 0 aliphatic carbocycles. The zero-order chi connectivity index (χ0) is 12.1. The van der Waals surface area contributed by atoms with E-state index >= 15 is 0 Å². The van der Waals surface area contributed by atoms with Gasteiger partial charge < -0.3 is 9.47 Å². The number of methoxy groups -OCH3 is 2. The summed E-state index contributed by atoms with van der Waals surface area (Å²) in [6.45, 7) is 4.04. The first-order valence-electron chi connectivity index (χ1n) is 5.33. The molecule has 0 heterocycles. The minimum Gasteiger partial charge on any atom is -0.497 e. The second-order valence-corrected chi connectivity index (χ2v) is 4.09. The molecule has 1 aromatic carbocycles. The number of rotatable bonds is 5. The zero-order valence-corrected chi connectivity index (χ0v) is 10.2. The van der Waals surface area contributed by atoms with Crippen LogP contribution in [0, 0.1) is 5.92 Å². The molecule has 3 nitrogen and oxygen atoms in total. The number of Topliss-reactive ketones (excluding diaryl/α,β-unsaturated/α-hetero) is 1. The minimum absolute atomic E-state index is 0.0887. The lowest BCUT2D eigenvalue weighted by Crippen LogP contribution is -2.06. The molecule has 0 aromatic heterocycles. The van der Waals surface area contributed by atoms with Gasteiger partial charge in [0.2, 0.25) is 0 Å². The summed E-state index contributed by atoms with van der Waals surface area (Å²) in [6.07, 6.45) is 0.517. The van der Waals surface area contributed by atoms with E-state index in [4.69, 9.17) is 9.47 Å². The van der Waals surface area contributed by atoms with Crippen molar-refractivity contribution in [2.24, 2.45) is 5.92 Å². The van der Waals surface area contributed by atoms with Crippen molar-refractivity contribution in [1.29, 1.82) is 0 Å². The van der Waals surface area contributed by atoms with Gasteiger partial charge in [-0.1, -0.05) is 13.8 Å². The van der Waals surface area contributed by atoms with Gasteiger partial charge >= 0.3 is 0 Å². The largest absolute Gasteiger partial charge is 0.497 e. The van der Waals surface area contributed by atoms with Gasteiger partial charge in [0.05, 0.1) is 19.8 Å².